The third kappa shape index (κ3) is 4.32. The van der Waals surface area contributed by atoms with Gasteiger partial charge in [-0.25, -0.2) is 8.42 Å². The van der Waals surface area contributed by atoms with Crippen molar-refractivity contribution in [2.45, 2.75) is 57.6 Å². The lowest BCUT2D eigenvalue weighted by molar-refractivity contribution is 0.319. The molecule has 0 bridgehead atoms. The highest BCUT2D eigenvalue weighted by Crippen LogP contribution is 2.40. The zero-order valence-corrected chi connectivity index (χ0v) is 18.5. The van der Waals surface area contributed by atoms with E-state index in [1.807, 2.05) is 39.1 Å². The number of allylic oxidation sites excluding steroid dienone is 1. The van der Waals surface area contributed by atoms with Gasteiger partial charge in [-0.2, -0.15) is 0 Å². The van der Waals surface area contributed by atoms with Crippen molar-refractivity contribution in [2.75, 3.05) is 5.75 Å². The molecule has 0 saturated heterocycles. The molecule has 1 heterocycles. The average Bonchev–Trinajstić information content (AvgIpc) is 3.11. The van der Waals surface area contributed by atoms with Gasteiger partial charge in [-0.15, -0.1) is 0 Å². The van der Waals surface area contributed by atoms with Gasteiger partial charge in [0.15, 0.2) is 9.84 Å². The minimum absolute atomic E-state index is 0.315. The molecule has 2 aromatic rings. The minimum atomic E-state index is -3.03. The highest BCUT2D eigenvalue weighted by atomic mass is 32.2. The maximum atomic E-state index is 12.5. The first kappa shape index (κ1) is 20.3. The van der Waals surface area contributed by atoms with E-state index in [4.69, 9.17) is 0 Å². The number of nitrogens with zero attached hydrogens (tertiary/aromatic N) is 1. The van der Waals surface area contributed by atoms with E-state index in [0.29, 0.717) is 17.6 Å². The molecule has 3 nitrogen and oxygen atoms in total. The van der Waals surface area contributed by atoms with Crippen LogP contribution in [0.15, 0.2) is 48.2 Å². The zero-order valence-electron chi connectivity index (χ0n) is 17.7. The number of hydrogen-bond acceptors (Lipinski definition) is 3. The van der Waals surface area contributed by atoms with Crippen LogP contribution in [0.4, 0.5) is 0 Å². The van der Waals surface area contributed by atoms with Crippen molar-refractivity contribution in [3.63, 3.8) is 0 Å². The topological polar surface area (TPSA) is 47.0 Å². The van der Waals surface area contributed by atoms with Crippen LogP contribution in [0.3, 0.4) is 0 Å². The molecule has 29 heavy (non-hydrogen) atoms. The monoisotopic (exact) mass is 409 g/mol. The molecule has 0 unspecified atom stereocenters. The Labute approximate surface area is 175 Å². The molecule has 0 amide bonds. The zero-order chi connectivity index (χ0) is 20.6. The Bertz CT molecular complexity index is 1010. The van der Waals surface area contributed by atoms with Crippen molar-refractivity contribution < 1.29 is 8.42 Å². The molecule has 0 aliphatic heterocycles. The van der Waals surface area contributed by atoms with E-state index in [9.17, 15) is 8.42 Å². The molecule has 4 heteroatoms. The molecule has 0 N–H and O–H groups in total. The molecule has 2 aliphatic rings. The first-order valence-electron chi connectivity index (χ1n) is 10.7. The Kier molecular flexibility index (Phi) is 5.41. The lowest BCUT2D eigenvalue weighted by Gasteiger charge is -2.31. The largest absolute Gasteiger partial charge is 0.256 e. The molecular weight excluding hydrogens is 378 g/mol. The van der Waals surface area contributed by atoms with E-state index in [0.717, 1.165) is 37.8 Å². The van der Waals surface area contributed by atoms with E-state index in [2.05, 4.69) is 35.3 Å². The Hall–Kier alpha value is -1.94. The maximum absolute atomic E-state index is 12.5. The van der Waals surface area contributed by atoms with Crippen LogP contribution in [0.2, 0.25) is 0 Å². The van der Waals surface area contributed by atoms with Crippen molar-refractivity contribution in [3.05, 3.63) is 59.3 Å². The number of hydrogen-bond donors (Lipinski definition) is 0. The Morgan fingerprint density at radius 2 is 1.79 bits per heavy atom. The predicted molar refractivity (Wildman–Crippen MR) is 120 cm³/mol. The summed E-state index contributed by atoms with van der Waals surface area (Å²) in [4.78, 5) is 4.47. The summed E-state index contributed by atoms with van der Waals surface area (Å²) >= 11 is 0. The van der Waals surface area contributed by atoms with Crippen molar-refractivity contribution in [1.82, 2.24) is 4.98 Å². The molecule has 0 spiro atoms. The highest BCUT2D eigenvalue weighted by molar-refractivity contribution is 7.92. The standard InChI is InChI=1S/C25H31NO2S/c1-25(2,3)29(27,28)17-18-7-9-19(10-8-18)22-14-20-11-12-21(15-23(20)16-22)24-6-4-5-13-26-24/h4-6,11-15,18-19H,7-10,16-17H2,1-3H3. The van der Waals surface area contributed by atoms with Crippen molar-refractivity contribution in [2.24, 2.45) is 11.8 Å². The van der Waals surface area contributed by atoms with Gasteiger partial charge >= 0.3 is 0 Å². The Morgan fingerprint density at radius 1 is 1.03 bits per heavy atom. The first-order chi connectivity index (χ1) is 13.7. The fourth-order valence-electron chi connectivity index (χ4n) is 4.59. The molecule has 0 radical (unpaired) electrons. The number of sulfone groups is 1. The molecule has 4 rings (SSSR count). The summed E-state index contributed by atoms with van der Waals surface area (Å²) in [5.74, 6) is 1.25. The average molecular weight is 410 g/mol. The molecule has 154 valence electrons. The summed E-state index contributed by atoms with van der Waals surface area (Å²) in [6.45, 7) is 5.44. The lowest BCUT2D eigenvalue weighted by atomic mass is 9.78. The quantitative estimate of drug-likeness (QED) is 0.650. The highest BCUT2D eigenvalue weighted by Gasteiger charge is 2.34. The van der Waals surface area contributed by atoms with Gasteiger partial charge in [-0.3, -0.25) is 4.98 Å². The summed E-state index contributed by atoms with van der Waals surface area (Å²) < 4.78 is 24.4. The second kappa shape index (κ2) is 7.71. The van der Waals surface area contributed by atoms with Crippen LogP contribution in [0.25, 0.3) is 17.3 Å². The number of rotatable bonds is 4. The predicted octanol–water partition coefficient (Wildman–Crippen LogP) is 5.71. The van der Waals surface area contributed by atoms with Gasteiger partial charge in [0.1, 0.15) is 0 Å². The maximum Gasteiger partial charge on any atom is 0.155 e. The third-order valence-electron chi connectivity index (χ3n) is 6.60. The fourth-order valence-corrected chi connectivity index (χ4v) is 6.04. The van der Waals surface area contributed by atoms with Gasteiger partial charge in [-0.1, -0.05) is 29.8 Å². The van der Waals surface area contributed by atoms with Gasteiger partial charge in [0.25, 0.3) is 0 Å². The lowest BCUT2D eigenvalue weighted by Crippen LogP contribution is -2.34. The van der Waals surface area contributed by atoms with Crippen LogP contribution < -0.4 is 0 Å². The third-order valence-corrected chi connectivity index (χ3v) is 9.37. The van der Waals surface area contributed by atoms with E-state index in [-0.39, 0.29) is 0 Å². The van der Waals surface area contributed by atoms with Gasteiger partial charge in [0, 0.05) is 11.8 Å². The van der Waals surface area contributed by atoms with Crippen molar-refractivity contribution in [3.8, 4) is 11.3 Å². The SMILES string of the molecule is CC(C)(C)S(=O)(=O)CC1CCC(C2=Cc3ccc(-c4ccccn4)cc3C2)CC1. The smallest absolute Gasteiger partial charge is 0.155 e. The van der Waals surface area contributed by atoms with E-state index < -0.39 is 14.6 Å². The van der Waals surface area contributed by atoms with Crippen LogP contribution in [0.5, 0.6) is 0 Å². The van der Waals surface area contributed by atoms with Gasteiger partial charge in [0.05, 0.1) is 16.2 Å². The van der Waals surface area contributed by atoms with Gasteiger partial charge in [0.2, 0.25) is 0 Å². The minimum Gasteiger partial charge on any atom is -0.256 e. The molecule has 1 fully saturated rings. The number of aromatic nitrogens is 1. The summed E-state index contributed by atoms with van der Waals surface area (Å²) in [6, 6.07) is 12.7. The van der Waals surface area contributed by atoms with Crippen LogP contribution in [-0.4, -0.2) is 23.9 Å². The summed E-state index contributed by atoms with van der Waals surface area (Å²) in [6.07, 6.45) is 9.48. The number of benzene rings is 1. The van der Waals surface area contributed by atoms with E-state index in [1.165, 1.54) is 22.3 Å². The number of fused-ring (bicyclic) bond motifs is 1. The second-order valence-corrected chi connectivity index (χ2v) is 12.4. The summed E-state index contributed by atoms with van der Waals surface area (Å²) in [5, 5.41) is 0. The van der Waals surface area contributed by atoms with E-state index >= 15 is 0 Å². The second-order valence-electron chi connectivity index (χ2n) is 9.64. The Balaban J connectivity index is 1.39. The van der Waals surface area contributed by atoms with Crippen LogP contribution in [0, 0.1) is 11.8 Å². The van der Waals surface area contributed by atoms with Crippen LogP contribution in [0.1, 0.15) is 57.6 Å². The molecule has 2 aliphatic carbocycles. The number of pyridine rings is 1. The van der Waals surface area contributed by atoms with Crippen LogP contribution >= 0.6 is 0 Å². The van der Waals surface area contributed by atoms with Crippen LogP contribution in [-0.2, 0) is 16.3 Å². The van der Waals surface area contributed by atoms with Crippen molar-refractivity contribution >= 4 is 15.9 Å². The molecule has 1 saturated carbocycles. The fraction of sp³-hybridized carbons (Fsp3) is 0.480. The normalized spacial score (nSPS) is 22.2. The molecule has 1 aromatic heterocycles. The molecular formula is C25H31NO2S. The molecule has 0 atom stereocenters. The van der Waals surface area contributed by atoms with Gasteiger partial charge in [-0.05, 0) is 94.0 Å². The Morgan fingerprint density at radius 3 is 2.45 bits per heavy atom. The van der Waals surface area contributed by atoms with E-state index in [1.54, 1.807) is 0 Å². The first-order valence-corrected chi connectivity index (χ1v) is 12.4. The van der Waals surface area contributed by atoms with Gasteiger partial charge < -0.3 is 0 Å². The van der Waals surface area contributed by atoms with Crippen molar-refractivity contribution in [1.29, 1.82) is 0 Å². The molecule has 1 aromatic carbocycles. The summed E-state index contributed by atoms with van der Waals surface area (Å²) in [7, 11) is -3.03. The summed E-state index contributed by atoms with van der Waals surface area (Å²) in [5.41, 5.74) is 6.44.